The van der Waals surface area contributed by atoms with Crippen molar-refractivity contribution in [3.63, 3.8) is 0 Å². The molecular formula is C15H22N3O. The maximum Gasteiger partial charge on any atom is 0.317 e. The number of nitrogens with zero attached hydrogens (tertiary/aromatic N) is 1. The minimum absolute atomic E-state index is 0.000342. The highest BCUT2D eigenvalue weighted by atomic mass is 16.2. The number of nitrogens with one attached hydrogen (secondary N) is 2. The van der Waals surface area contributed by atoms with Gasteiger partial charge in [0.15, 0.2) is 0 Å². The van der Waals surface area contributed by atoms with E-state index < -0.39 is 0 Å². The zero-order valence-corrected chi connectivity index (χ0v) is 11.3. The van der Waals surface area contributed by atoms with Crippen LogP contribution in [0.15, 0.2) is 30.3 Å². The number of rotatable bonds is 3. The van der Waals surface area contributed by atoms with Gasteiger partial charge in [-0.1, -0.05) is 30.3 Å². The number of hydrogen-bond acceptors (Lipinski definition) is 2. The first kappa shape index (κ1) is 13.9. The third-order valence-electron chi connectivity index (χ3n) is 3.28. The Hall–Kier alpha value is -1.55. The Morgan fingerprint density at radius 2 is 2.11 bits per heavy atom. The van der Waals surface area contributed by atoms with Crippen LogP contribution in [0.2, 0.25) is 0 Å². The summed E-state index contributed by atoms with van der Waals surface area (Å²) in [6.07, 6.45) is 1.77. The first-order chi connectivity index (χ1) is 9.25. The Labute approximate surface area is 115 Å². The molecule has 1 radical (unpaired) electrons. The monoisotopic (exact) mass is 260 g/mol. The van der Waals surface area contributed by atoms with Crippen molar-refractivity contribution >= 4 is 6.03 Å². The molecule has 0 aromatic heterocycles. The second kappa shape index (κ2) is 7.14. The van der Waals surface area contributed by atoms with Crippen LogP contribution in [0.25, 0.3) is 0 Å². The molecule has 0 aliphatic carbocycles. The molecule has 2 N–H and O–H groups in total. The van der Waals surface area contributed by atoms with E-state index in [0.29, 0.717) is 0 Å². The maximum atomic E-state index is 12.1. The predicted octanol–water partition coefficient (Wildman–Crippen LogP) is 1.44. The van der Waals surface area contributed by atoms with Gasteiger partial charge >= 0.3 is 6.03 Å². The summed E-state index contributed by atoms with van der Waals surface area (Å²) >= 11 is 0. The van der Waals surface area contributed by atoms with E-state index in [0.717, 1.165) is 39.0 Å². The molecule has 1 aliphatic heterocycles. The summed E-state index contributed by atoms with van der Waals surface area (Å²) in [6.45, 7) is 7.46. The Kier molecular flexibility index (Phi) is 5.21. The summed E-state index contributed by atoms with van der Waals surface area (Å²) in [6, 6.07) is 10.0. The van der Waals surface area contributed by atoms with Gasteiger partial charge in [-0.2, -0.15) is 0 Å². The lowest BCUT2D eigenvalue weighted by atomic mass is 10.1. The van der Waals surface area contributed by atoms with Gasteiger partial charge in [-0.25, -0.2) is 4.79 Å². The van der Waals surface area contributed by atoms with Gasteiger partial charge in [0.25, 0.3) is 0 Å². The number of benzene rings is 1. The highest BCUT2D eigenvalue weighted by Crippen LogP contribution is 2.03. The van der Waals surface area contributed by atoms with Gasteiger partial charge in [-0.3, -0.25) is 0 Å². The van der Waals surface area contributed by atoms with Crippen molar-refractivity contribution in [1.29, 1.82) is 0 Å². The first-order valence-corrected chi connectivity index (χ1v) is 6.89. The minimum atomic E-state index is -0.0916. The fourth-order valence-corrected chi connectivity index (χ4v) is 2.26. The standard InChI is InChI=1S/C15H22N3O/c1-13(12-14-6-3-2-4-7-14)17-15(19)18-10-5-8-16-9-11-18/h2-4,6-7,13,16H,1,5,8-12H2,(H,17,19)/t13-/m0/s1. The summed E-state index contributed by atoms with van der Waals surface area (Å²) in [5.74, 6) is 0. The lowest BCUT2D eigenvalue weighted by Crippen LogP contribution is -2.45. The van der Waals surface area contributed by atoms with Crippen LogP contribution in [0.3, 0.4) is 0 Å². The van der Waals surface area contributed by atoms with Crippen molar-refractivity contribution in [2.45, 2.75) is 18.9 Å². The van der Waals surface area contributed by atoms with Gasteiger partial charge in [0, 0.05) is 25.7 Å². The number of carbonyl (C=O) groups is 1. The van der Waals surface area contributed by atoms with Crippen molar-refractivity contribution in [1.82, 2.24) is 15.5 Å². The number of urea groups is 1. The zero-order chi connectivity index (χ0) is 13.5. The average Bonchev–Trinajstić information content (AvgIpc) is 2.68. The Morgan fingerprint density at radius 1 is 1.32 bits per heavy atom. The van der Waals surface area contributed by atoms with Crippen LogP contribution in [0.1, 0.15) is 12.0 Å². The van der Waals surface area contributed by atoms with Crippen molar-refractivity contribution < 1.29 is 4.79 Å². The second-order valence-corrected chi connectivity index (χ2v) is 4.93. The first-order valence-electron chi connectivity index (χ1n) is 6.89. The number of amides is 2. The smallest absolute Gasteiger partial charge is 0.317 e. The SMILES string of the molecule is [CH2][C@@H](Cc1ccccc1)NC(=O)N1CCCNCC1. The number of carbonyl (C=O) groups excluding carboxylic acids is 1. The maximum absolute atomic E-state index is 12.1. The van der Waals surface area contributed by atoms with E-state index in [4.69, 9.17) is 0 Å². The van der Waals surface area contributed by atoms with E-state index in [2.05, 4.69) is 29.7 Å². The lowest BCUT2D eigenvalue weighted by molar-refractivity contribution is 0.199. The summed E-state index contributed by atoms with van der Waals surface area (Å²) in [7, 11) is 0. The molecule has 0 bridgehead atoms. The topological polar surface area (TPSA) is 44.4 Å². The Morgan fingerprint density at radius 3 is 2.89 bits per heavy atom. The van der Waals surface area contributed by atoms with Gasteiger partial charge in [0.05, 0.1) is 0 Å². The van der Waals surface area contributed by atoms with Gasteiger partial charge in [0.1, 0.15) is 0 Å². The van der Waals surface area contributed by atoms with Crippen LogP contribution in [-0.4, -0.2) is 43.2 Å². The second-order valence-electron chi connectivity index (χ2n) is 4.93. The van der Waals surface area contributed by atoms with Crippen molar-refractivity contribution in [3.8, 4) is 0 Å². The molecule has 1 saturated heterocycles. The van der Waals surface area contributed by atoms with E-state index in [1.807, 2.05) is 23.1 Å². The van der Waals surface area contributed by atoms with E-state index >= 15 is 0 Å². The molecule has 0 unspecified atom stereocenters. The van der Waals surface area contributed by atoms with Crippen molar-refractivity contribution in [2.24, 2.45) is 0 Å². The molecule has 2 rings (SSSR count). The van der Waals surface area contributed by atoms with E-state index in [1.165, 1.54) is 5.56 Å². The highest BCUT2D eigenvalue weighted by molar-refractivity contribution is 5.74. The van der Waals surface area contributed by atoms with Crippen LogP contribution in [-0.2, 0) is 6.42 Å². The largest absolute Gasteiger partial charge is 0.335 e. The molecule has 2 amide bonds. The van der Waals surface area contributed by atoms with Gasteiger partial charge in [-0.15, -0.1) is 0 Å². The molecule has 1 fully saturated rings. The molecule has 19 heavy (non-hydrogen) atoms. The average molecular weight is 260 g/mol. The van der Waals surface area contributed by atoms with Crippen LogP contribution >= 0.6 is 0 Å². The molecule has 1 heterocycles. The molecule has 103 valence electrons. The molecule has 0 saturated carbocycles. The van der Waals surface area contributed by atoms with Crippen LogP contribution in [0, 0.1) is 6.92 Å². The molecule has 1 atom stereocenters. The lowest BCUT2D eigenvalue weighted by Gasteiger charge is -2.23. The predicted molar refractivity (Wildman–Crippen MR) is 76.9 cm³/mol. The van der Waals surface area contributed by atoms with Gasteiger partial charge in [0.2, 0.25) is 0 Å². The van der Waals surface area contributed by atoms with E-state index in [1.54, 1.807) is 0 Å². The van der Waals surface area contributed by atoms with Crippen molar-refractivity contribution in [2.75, 3.05) is 26.2 Å². The van der Waals surface area contributed by atoms with Crippen LogP contribution in [0.4, 0.5) is 4.79 Å². The van der Waals surface area contributed by atoms with Crippen LogP contribution in [0.5, 0.6) is 0 Å². The Bertz CT molecular complexity index is 386. The molecule has 1 aromatic carbocycles. The molecule has 4 nitrogen and oxygen atoms in total. The normalized spacial score (nSPS) is 17.6. The molecule has 0 spiro atoms. The molecule has 1 aliphatic rings. The summed E-state index contributed by atoms with van der Waals surface area (Å²) < 4.78 is 0. The van der Waals surface area contributed by atoms with E-state index in [9.17, 15) is 4.79 Å². The fourth-order valence-electron chi connectivity index (χ4n) is 2.26. The van der Waals surface area contributed by atoms with Crippen molar-refractivity contribution in [3.05, 3.63) is 42.8 Å². The van der Waals surface area contributed by atoms with Gasteiger partial charge in [-0.05, 0) is 31.9 Å². The van der Waals surface area contributed by atoms with Gasteiger partial charge < -0.3 is 15.5 Å². The fraction of sp³-hybridized carbons (Fsp3) is 0.467. The Balaban J connectivity index is 1.80. The summed E-state index contributed by atoms with van der Waals surface area (Å²) in [4.78, 5) is 14.0. The van der Waals surface area contributed by atoms with E-state index in [-0.39, 0.29) is 12.1 Å². The highest BCUT2D eigenvalue weighted by Gasteiger charge is 2.16. The minimum Gasteiger partial charge on any atom is -0.335 e. The van der Waals surface area contributed by atoms with Crippen LogP contribution < -0.4 is 10.6 Å². The molecule has 1 aromatic rings. The quantitative estimate of drug-likeness (QED) is 0.863. The third-order valence-corrected chi connectivity index (χ3v) is 3.28. The molecule has 4 heteroatoms. The summed E-state index contributed by atoms with van der Waals surface area (Å²) in [5.41, 5.74) is 1.19. The zero-order valence-electron chi connectivity index (χ0n) is 11.3. The molecular weight excluding hydrogens is 238 g/mol. The summed E-state index contributed by atoms with van der Waals surface area (Å²) in [5, 5.41) is 6.26. The number of hydrogen-bond donors (Lipinski definition) is 2. The third kappa shape index (κ3) is 4.56.